The van der Waals surface area contributed by atoms with Crippen LogP contribution in [0.4, 0.5) is 5.95 Å². The van der Waals surface area contributed by atoms with Crippen molar-refractivity contribution in [2.24, 2.45) is 5.10 Å². The Kier molecular flexibility index (Phi) is 6.35. The maximum Gasteiger partial charge on any atom is 0.252 e. The summed E-state index contributed by atoms with van der Waals surface area (Å²) in [4.78, 5) is 18.9. The average molecular weight is 362 g/mol. The Morgan fingerprint density at radius 1 is 1.15 bits per heavy atom. The molecule has 0 saturated carbocycles. The molecule has 2 N–H and O–H groups in total. The molecule has 0 aliphatic heterocycles. The molecule has 0 unspecified atom stereocenters. The van der Waals surface area contributed by atoms with Crippen molar-refractivity contribution in [3.63, 3.8) is 0 Å². The van der Waals surface area contributed by atoms with E-state index in [1.54, 1.807) is 6.21 Å². The lowest BCUT2D eigenvalue weighted by molar-refractivity contribution is 0.309. The highest BCUT2D eigenvalue weighted by atomic mass is 16.5. The molecule has 1 heterocycles. The normalized spacial score (nSPS) is 10.9. The largest absolute Gasteiger partial charge is 0.494 e. The van der Waals surface area contributed by atoms with E-state index in [9.17, 15) is 4.79 Å². The molecule has 0 amide bonds. The molecular weight excluding hydrogens is 340 g/mol. The minimum atomic E-state index is -0.241. The third kappa shape index (κ3) is 5.54. The van der Waals surface area contributed by atoms with Gasteiger partial charge in [-0.05, 0) is 36.2 Å². The van der Waals surface area contributed by atoms with Crippen molar-refractivity contribution in [2.75, 3.05) is 12.0 Å². The summed E-state index contributed by atoms with van der Waals surface area (Å²) in [7, 11) is 0. The van der Waals surface area contributed by atoms with Gasteiger partial charge >= 0.3 is 0 Å². The van der Waals surface area contributed by atoms with E-state index in [4.69, 9.17) is 4.74 Å². The predicted molar refractivity (Wildman–Crippen MR) is 108 cm³/mol. The monoisotopic (exact) mass is 362 g/mol. The van der Waals surface area contributed by atoms with Gasteiger partial charge in [0.2, 0.25) is 5.95 Å². The van der Waals surface area contributed by atoms with Crippen LogP contribution in [0, 0.1) is 0 Å². The summed E-state index contributed by atoms with van der Waals surface area (Å²) < 4.78 is 5.63. The second-order valence-corrected chi connectivity index (χ2v) is 5.99. The minimum Gasteiger partial charge on any atom is -0.494 e. The third-order valence-corrected chi connectivity index (χ3v) is 3.84. The van der Waals surface area contributed by atoms with Gasteiger partial charge in [0, 0.05) is 11.6 Å². The van der Waals surface area contributed by atoms with Crippen LogP contribution in [-0.4, -0.2) is 22.8 Å². The van der Waals surface area contributed by atoms with E-state index in [1.165, 1.54) is 6.07 Å². The number of hydrogen-bond donors (Lipinski definition) is 2. The first-order chi connectivity index (χ1) is 13.2. The third-order valence-electron chi connectivity index (χ3n) is 3.84. The van der Waals surface area contributed by atoms with Gasteiger partial charge in [-0.2, -0.15) is 5.10 Å². The van der Waals surface area contributed by atoms with Crippen molar-refractivity contribution in [2.45, 2.75) is 19.8 Å². The smallest absolute Gasteiger partial charge is 0.252 e. The van der Waals surface area contributed by atoms with Gasteiger partial charge in [0.15, 0.2) is 0 Å². The number of nitrogens with one attached hydrogen (secondary N) is 2. The average Bonchev–Trinajstić information content (AvgIpc) is 2.70. The van der Waals surface area contributed by atoms with Crippen LogP contribution in [0.15, 0.2) is 70.6 Å². The number of benzene rings is 2. The van der Waals surface area contributed by atoms with E-state index in [2.05, 4.69) is 27.4 Å². The van der Waals surface area contributed by atoms with E-state index in [0.29, 0.717) is 5.69 Å². The lowest BCUT2D eigenvalue weighted by atomic mass is 10.1. The molecule has 0 atom stereocenters. The van der Waals surface area contributed by atoms with Crippen molar-refractivity contribution in [1.29, 1.82) is 0 Å². The Bertz CT molecular complexity index is 934. The quantitative estimate of drug-likeness (QED) is 0.360. The Balaban J connectivity index is 1.64. The zero-order valence-electron chi connectivity index (χ0n) is 15.2. The van der Waals surface area contributed by atoms with Crippen LogP contribution in [0.3, 0.4) is 0 Å². The Labute approximate surface area is 157 Å². The fraction of sp³-hybridized carbons (Fsp3) is 0.190. The van der Waals surface area contributed by atoms with Crippen LogP contribution < -0.4 is 15.7 Å². The van der Waals surface area contributed by atoms with E-state index < -0.39 is 0 Å². The maximum absolute atomic E-state index is 11.9. The van der Waals surface area contributed by atoms with Crippen molar-refractivity contribution >= 4 is 12.2 Å². The number of ether oxygens (including phenoxy) is 1. The summed E-state index contributed by atoms with van der Waals surface area (Å²) in [6, 6.07) is 18.6. The number of rotatable bonds is 8. The number of anilines is 1. The molecule has 0 aliphatic carbocycles. The number of H-pyrrole nitrogens is 1. The number of aromatic nitrogens is 2. The summed E-state index contributed by atoms with van der Waals surface area (Å²) in [5.41, 5.74) is 4.90. The van der Waals surface area contributed by atoms with Crippen LogP contribution in [0.5, 0.6) is 5.75 Å². The summed E-state index contributed by atoms with van der Waals surface area (Å²) in [5, 5.41) is 4.14. The van der Waals surface area contributed by atoms with Crippen molar-refractivity contribution in [3.05, 3.63) is 76.6 Å². The molecule has 1 aromatic heterocycles. The SMILES string of the molecule is CCCCOc1ccc(/C=N\Nc2nc(-c3ccccc3)cc(=O)[nH]2)cc1. The molecule has 0 aliphatic rings. The van der Waals surface area contributed by atoms with Gasteiger partial charge in [0.05, 0.1) is 18.5 Å². The molecule has 0 fully saturated rings. The maximum atomic E-state index is 11.9. The molecule has 6 heteroatoms. The molecule has 2 aromatic carbocycles. The fourth-order valence-corrected chi connectivity index (χ4v) is 2.42. The van der Waals surface area contributed by atoms with Gasteiger partial charge in [-0.1, -0.05) is 43.7 Å². The second-order valence-electron chi connectivity index (χ2n) is 5.99. The highest BCUT2D eigenvalue weighted by Gasteiger charge is 2.03. The van der Waals surface area contributed by atoms with Crippen LogP contribution in [0.1, 0.15) is 25.3 Å². The topological polar surface area (TPSA) is 79.4 Å². The second kappa shape index (κ2) is 9.33. The van der Waals surface area contributed by atoms with E-state index in [1.807, 2.05) is 54.6 Å². The molecule has 3 aromatic rings. The standard InChI is InChI=1S/C21H22N4O2/c1-2-3-13-27-18-11-9-16(10-12-18)15-22-25-21-23-19(14-20(26)24-21)17-7-5-4-6-8-17/h4-12,14-15H,2-3,13H2,1H3,(H2,23,24,25,26)/b22-15-. The van der Waals surface area contributed by atoms with Gasteiger partial charge in [-0.15, -0.1) is 0 Å². The zero-order valence-corrected chi connectivity index (χ0v) is 15.2. The van der Waals surface area contributed by atoms with Crippen molar-refractivity contribution < 1.29 is 4.74 Å². The highest BCUT2D eigenvalue weighted by molar-refractivity contribution is 5.80. The first-order valence-corrected chi connectivity index (χ1v) is 8.93. The first kappa shape index (κ1) is 18.4. The van der Waals surface area contributed by atoms with Gasteiger partial charge in [-0.25, -0.2) is 10.4 Å². The summed E-state index contributed by atoms with van der Waals surface area (Å²) in [6.45, 7) is 2.86. The van der Waals surface area contributed by atoms with Crippen LogP contribution >= 0.6 is 0 Å². The first-order valence-electron chi connectivity index (χ1n) is 8.93. The lowest BCUT2D eigenvalue weighted by Crippen LogP contribution is -2.10. The Hall–Kier alpha value is -3.41. The zero-order chi connectivity index (χ0) is 18.9. The molecule has 6 nitrogen and oxygen atoms in total. The molecule has 0 radical (unpaired) electrons. The number of unbranched alkanes of at least 4 members (excludes halogenated alkanes) is 1. The van der Waals surface area contributed by atoms with E-state index >= 15 is 0 Å². The Morgan fingerprint density at radius 2 is 1.93 bits per heavy atom. The molecule has 0 bridgehead atoms. The lowest BCUT2D eigenvalue weighted by Gasteiger charge is -2.05. The van der Waals surface area contributed by atoms with Gasteiger partial charge < -0.3 is 4.74 Å². The minimum absolute atomic E-state index is 0.241. The predicted octanol–water partition coefficient (Wildman–Crippen LogP) is 4.06. The van der Waals surface area contributed by atoms with Crippen LogP contribution in [-0.2, 0) is 0 Å². The molecular formula is C21H22N4O2. The summed E-state index contributed by atoms with van der Waals surface area (Å²) in [5.74, 6) is 1.13. The summed E-state index contributed by atoms with van der Waals surface area (Å²) >= 11 is 0. The molecule has 0 saturated heterocycles. The number of hydrazone groups is 1. The number of hydrogen-bond acceptors (Lipinski definition) is 5. The Morgan fingerprint density at radius 3 is 2.67 bits per heavy atom. The van der Waals surface area contributed by atoms with Crippen molar-refractivity contribution in [3.8, 4) is 17.0 Å². The summed E-state index contributed by atoms with van der Waals surface area (Å²) in [6.07, 6.45) is 3.81. The van der Waals surface area contributed by atoms with Crippen LogP contribution in [0.25, 0.3) is 11.3 Å². The highest BCUT2D eigenvalue weighted by Crippen LogP contribution is 2.15. The molecule has 0 spiro atoms. The van der Waals surface area contributed by atoms with Gasteiger partial charge in [-0.3, -0.25) is 9.78 Å². The molecule has 27 heavy (non-hydrogen) atoms. The number of nitrogens with zero attached hydrogens (tertiary/aromatic N) is 2. The fourth-order valence-electron chi connectivity index (χ4n) is 2.42. The molecule has 138 valence electrons. The van der Waals surface area contributed by atoms with Gasteiger partial charge in [0.25, 0.3) is 5.56 Å². The van der Waals surface area contributed by atoms with Gasteiger partial charge in [0.1, 0.15) is 5.75 Å². The molecule has 3 rings (SSSR count). The number of aromatic amines is 1. The van der Waals surface area contributed by atoms with Crippen molar-refractivity contribution in [1.82, 2.24) is 9.97 Å². The van der Waals surface area contributed by atoms with Crippen LogP contribution in [0.2, 0.25) is 0 Å². The van der Waals surface area contributed by atoms with E-state index in [0.717, 1.165) is 36.3 Å². The van der Waals surface area contributed by atoms with E-state index in [-0.39, 0.29) is 11.5 Å².